The highest BCUT2D eigenvalue weighted by molar-refractivity contribution is 6.10. The topological polar surface area (TPSA) is 106 Å². The minimum absolute atomic E-state index is 0.228. The standard InChI is InChI=1S/C24H24N4O4/c1-14-9-10-19(31-3)18(12-14)26-24(30)22-15(2)21-17(7-4-8-20(21)32-22)27-28-23(29)16-6-5-11-25-13-16/h5-6,9-13H,4,7-8H2,1-3H3,(H,26,30)(H,28,29)/b27-17+. The molecule has 2 N–H and O–H groups in total. The molecule has 0 saturated heterocycles. The Balaban J connectivity index is 1.59. The van der Waals surface area contributed by atoms with Crippen LogP contribution >= 0.6 is 0 Å². The van der Waals surface area contributed by atoms with Gasteiger partial charge < -0.3 is 14.5 Å². The summed E-state index contributed by atoms with van der Waals surface area (Å²) in [6.45, 7) is 3.77. The van der Waals surface area contributed by atoms with Crippen molar-refractivity contribution in [1.29, 1.82) is 0 Å². The highest BCUT2D eigenvalue weighted by Gasteiger charge is 2.28. The predicted molar refractivity (Wildman–Crippen MR) is 120 cm³/mol. The van der Waals surface area contributed by atoms with Crippen LogP contribution < -0.4 is 15.5 Å². The van der Waals surface area contributed by atoms with Crippen LogP contribution in [0.25, 0.3) is 0 Å². The number of benzene rings is 1. The molecule has 4 rings (SSSR count). The molecule has 0 aliphatic heterocycles. The van der Waals surface area contributed by atoms with Crippen molar-refractivity contribution < 1.29 is 18.7 Å². The van der Waals surface area contributed by atoms with E-state index in [2.05, 4.69) is 20.8 Å². The molecule has 0 saturated carbocycles. The molecule has 8 heteroatoms. The molecule has 0 fully saturated rings. The molecular weight excluding hydrogens is 408 g/mol. The van der Waals surface area contributed by atoms with Crippen LogP contribution in [0.5, 0.6) is 5.75 Å². The van der Waals surface area contributed by atoms with Gasteiger partial charge in [0.1, 0.15) is 11.5 Å². The molecule has 2 aromatic heterocycles. The highest BCUT2D eigenvalue weighted by atomic mass is 16.5. The van der Waals surface area contributed by atoms with Gasteiger partial charge in [0.05, 0.1) is 24.1 Å². The summed E-state index contributed by atoms with van der Waals surface area (Å²) in [5, 5.41) is 7.22. The summed E-state index contributed by atoms with van der Waals surface area (Å²) in [5.74, 6) is 0.789. The van der Waals surface area contributed by atoms with Crippen LogP contribution in [-0.4, -0.2) is 29.6 Å². The van der Waals surface area contributed by atoms with Crippen molar-refractivity contribution in [3.8, 4) is 5.75 Å². The quantitative estimate of drug-likeness (QED) is 0.592. The van der Waals surface area contributed by atoms with E-state index in [1.165, 1.54) is 6.20 Å². The number of ether oxygens (including phenoxy) is 1. The van der Waals surface area contributed by atoms with Crippen molar-refractivity contribution in [1.82, 2.24) is 10.4 Å². The third-order valence-electron chi connectivity index (χ3n) is 5.35. The van der Waals surface area contributed by atoms with E-state index in [1.807, 2.05) is 26.0 Å². The molecule has 0 unspecified atom stereocenters. The van der Waals surface area contributed by atoms with Crippen LogP contribution in [0.2, 0.25) is 0 Å². The van der Waals surface area contributed by atoms with Gasteiger partial charge in [0.15, 0.2) is 5.76 Å². The summed E-state index contributed by atoms with van der Waals surface area (Å²) >= 11 is 0. The number of amides is 2. The minimum atomic E-state index is -0.362. The Morgan fingerprint density at radius 2 is 2.00 bits per heavy atom. The van der Waals surface area contributed by atoms with E-state index < -0.39 is 0 Å². The molecule has 1 aromatic carbocycles. The fourth-order valence-electron chi connectivity index (χ4n) is 3.78. The number of rotatable bonds is 5. The first-order valence-corrected chi connectivity index (χ1v) is 10.3. The van der Waals surface area contributed by atoms with Crippen molar-refractivity contribution in [3.63, 3.8) is 0 Å². The Kier molecular flexibility index (Phi) is 6.02. The molecule has 1 aliphatic rings. The zero-order valence-corrected chi connectivity index (χ0v) is 18.2. The van der Waals surface area contributed by atoms with Gasteiger partial charge >= 0.3 is 0 Å². The first-order chi connectivity index (χ1) is 15.5. The summed E-state index contributed by atoms with van der Waals surface area (Å²) in [6.07, 6.45) is 5.27. The van der Waals surface area contributed by atoms with Crippen LogP contribution in [0.15, 0.2) is 52.2 Å². The molecule has 164 valence electrons. The highest BCUT2D eigenvalue weighted by Crippen LogP contribution is 2.31. The van der Waals surface area contributed by atoms with Gasteiger partial charge in [-0.15, -0.1) is 0 Å². The number of nitrogens with one attached hydrogen (secondary N) is 2. The lowest BCUT2D eigenvalue weighted by molar-refractivity contribution is 0.0953. The molecule has 2 heterocycles. The third-order valence-corrected chi connectivity index (χ3v) is 5.35. The van der Waals surface area contributed by atoms with Crippen molar-refractivity contribution >= 4 is 23.2 Å². The zero-order chi connectivity index (χ0) is 22.7. The van der Waals surface area contributed by atoms with Gasteiger partial charge in [-0.2, -0.15) is 5.10 Å². The summed E-state index contributed by atoms with van der Waals surface area (Å²) in [6, 6.07) is 8.92. The Morgan fingerprint density at radius 3 is 2.75 bits per heavy atom. The third kappa shape index (κ3) is 4.25. The van der Waals surface area contributed by atoms with Crippen LogP contribution in [0.1, 0.15) is 56.2 Å². The van der Waals surface area contributed by atoms with Gasteiger partial charge in [0.2, 0.25) is 0 Å². The molecule has 2 amide bonds. The molecule has 3 aromatic rings. The maximum atomic E-state index is 13.0. The van der Waals surface area contributed by atoms with Crippen LogP contribution in [-0.2, 0) is 6.42 Å². The van der Waals surface area contributed by atoms with Crippen LogP contribution in [0.4, 0.5) is 5.69 Å². The van der Waals surface area contributed by atoms with Gasteiger partial charge in [-0.25, -0.2) is 5.43 Å². The second-order valence-electron chi connectivity index (χ2n) is 7.61. The van der Waals surface area contributed by atoms with Crippen molar-refractivity contribution in [3.05, 3.63) is 76.5 Å². The van der Waals surface area contributed by atoms with E-state index in [9.17, 15) is 9.59 Å². The average molecular weight is 432 g/mol. The fraction of sp³-hybridized carbons (Fsp3) is 0.250. The van der Waals surface area contributed by atoms with Crippen molar-refractivity contribution in [2.75, 3.05) is 12.4 Å². The number of carbonyl (C=O) groups excluding carboxylic acids is 2. The predicted octanol–water partition coefficient (Wildman–Crippen LogP) is 4.02. The summed E-state index contributed by atoms with van der Waals surface area (Å²) in [5.41, 5.74) is 6.74. The summed E-state index contributed by atoms with van der Waals surface area (Å²) in [7, 11) is 1.56. The molecule has 0 radical (unpaired) electrons. The molecule has 0 atom stereocenters. The van der Waals surface area contributed by atoms with E-state index >= 15 is 0 Å². The van der Waals surface area contributed by atoms with Crippen molar-refractivity contribution in [2.24, 2.45) is 5.10 Å². The first-order valence-electron chi connectivity index (χ1n) is 10.3. The monoisotopic (exact) mass is 432 g/mol. The number of fused-ring (bicyclic) bond motifs is 1. The van der Waals surface area contributed by atoms with Crippen LogP contribution in [0, 0.1) is 13.8 Å². The van der Waals surface area contributed by atoms with Gasteiger partial charge in [0, 0.05) is 29.9 Å². The fourth-order valence-corrected chi connectivity index (χ4v) is 3.78. The summed E-state index contributed by atoms with van der Waals surface area (Å²) < 4.78 is 11.3. The number of carbonyl (C=O) groups is 2. The molecule has 1 aliphatic carbocycles. The normalized spacial score (nSPS) is 14.0. The average Bonchev–Trinajstić information content (AvgIpc) is 3.15. The number of aromatic nitrogens is 1. The number of anilines is 1. The second-order valence-corrected chi connectivity index (χ2v) is 7.61. The summed E-state index contributed by atoms with van der Waals surface area (Å²) in [4.78, 5) is 29.3. The molecular formula is C24H24N4O4. The van der Waals surface area contributed by atoms with E-state index in [4.69, 9.17) is 9.15 Å². The SMILES string of the molecule is COc1ccc(C)cc1NC(=O)c1oc2c(c1C)/C(=N/NC(=O)c1cccnc1)CCC2. The van der Waals surface area contributed by atoms with E-state index in [-0.39, 0.29) is 17.6 Å². The lowest BCUT2D eigenvalue weighted by atomic mass is 9.93. The van der Waals surface area contributed by atoms with Gasteiger partial charge in [0.25, 0.3) is 11.8 Å². The number of pyridine rings is 1. The number of aryl methyl sites for hydroxylation is 2. The molecule has 0 bridgehead atoms. The number of furan rings is 1. The smallest absolute Gasteiger partial charge is 0.291 e. The Labute approximate surface area is 185 Å². The van der Waals surface area contributed by atoms with E-state index in [0.717, 1.165) is 17.5 Å². The van der Waals surface area contributed by atoms with Crippen molar-refractivity contribution in [2.45, 2.75) is 33.1 Å². The minimum Gasteiger partial charge on any atom is -0.495 e. The van der Waals surface area contributed by atoms with Crippen LogP contribution in [0.3, 0.4) is 0 Å². The van der Waals surface area contributed by atoms with E-state index in [1.54, 1.807) is 31.5 Å². The Bertz CT molecular complexity index is 1200. The lowest BCUT2D eigenvalue weighted by Crippen LogP contribution is -2.22. The number of hydrazone groups is 1. The van der Waals surface area contributed by atoms with Gasteiger partial charge in [-0.3, -0.25) is 14.6 Å². The van der Waals surface area contributed by atoms with Gasteiger partial charge in [-0.05, 0) is 56.5 Å². The maximum Gasteiger partial charge on any atom is 0.291 e. The number of nitrogens with zero attached hydrogens (tertiary/aromatic N) is 2. The number of hydrogen-bond acceptors (Lipinski definition) is 6. The second kappa shape index (κ2) is 9.05. The number of methoxy groups -OCH3 is 1. The lowest BCUT2D eigenvalue weighted by Gasteiger charge is -2.13. The molecule has 32 heavy (non-hydrogen) atoms. The Hall–Kier alpha value is -3.94. The zero-order valence-electron chi connectivity index (χ0n) is 18.2. The maximum absolute atomic E-state index is 13.0. The Morgan fingerprint density at radius 1 is 1.16 bits per heavy atom. The molecule has 0 spiro atoms. The van der Waals surface area contributed by atoms with E-state index in [0.29, 0.717) is 46.9 Å². The first kappa shape index (κ1) is 21.3. The number of hydrogen-bond donors (Lipinski definition) is 2. The largest absolute Gasteiger partial charge is 0.495 e. The molecule has 8 nitrogen and oxygen atoms in total. The van der Waals surface area contributed by atoms with Gasteiger partial charge in [-0.1, -0.05) is 6.07 Å².